The molecule has 0 amide bonds. The van der Waals surface area contributed by atoms with Gasteiger partial charge in [0.05, 0.1) is 6.10 Å². The fourth-order valence-corrected chi connectivity index (χ4v) is 6.23. The van der Waals surface area contributed by atoms with Crippen molar-refractivity contribution in [2.75, 3.05) is 0 Å². The molecule has 0 radical (unpaired) electrons. The van der Waals surface area contributed by atoms with Crippen molar-refractivity contribution in [1.29, 1.82) is 5.41 Å². The van der Waals surface area contributed by atoms with Gasteiger partial charge in [0.25, 0.3) is 0 Å². The molecule has 0 saturated heterocycles. The number of hydrogen-bond acceptors (Lipinski definition) is 2. The summed E-state index contributed by atoms with van der Waals surface area (Å²) in [5.41, 5.74) is 1.15. The van der Waals surface area contributed by atoms with Crippen LogP contribution in [0.25, 0.3) is 0 Å². The molecular formula is C19H31NO. The lowest BCUT2D eigenvalue weighted by atomic mass is 9.56. The van der Waals surface area contributed by atoms with Gasteiger partial charge >= 0.3 is 0 Å². The predicted octanol–water partition coefficient (Wildman–Crippen LogP) is 4.43. The van der Waals surface area contributed by atoms with E-state index in [1.807, 2.05) is 6.08 Å². The first-order chi connectivity index (χ1) is 9.71. The van der Waals surface area contributed by atoms with Crippen molar-refractivity contribution < 1.29 is 5.11 Å². The zero-order valence-electron chi connectivity index (χ0n) is 14.1. The Morgan fingerprint density at radius 3 is 2.52 bits per heavy atom. The number of hydrogen-bond donors (Lipinski definition) is 2. The van der Waals surface area contributed by atoms with Crippen LogP contribution in [0.3, 0.4) is 0 Å². The third-order valence-electron chi connectivity index (χ3n) is 7.98. The Kier molecular flexibility index (Phi) is 3.23. The minimum atomic E-state index is -0.335. The molecule has 2 heteroatoms. The van der Waals surface area contributed by atoms with Gasteiger partial charge in [0, 0.05) is 17.0 Å². The van der Waals surface area contributed by atoms with E-state index in [9.17, 15) is 5.11 Å². The molecule has 2 bridgehead atoms. The summed E-state index contributed by atoms with van der Waals surface area (Å²) in [5, 5.41) is 19.6. The Morgan fingerprint density at radius 1 is 1.24 bits per heavy atom. The van der Waals surface area contributed by atoms with Crippen molar-refractivity contribution in [3.05, 3.63) is 12.7 Å². The second-order valence-corrected chi connectivity index (χ2v) is 8.75. The van der Waals surface area contributed by atoms with Crippen LogP contribution >= 0.6 is 0 Å². The summed E-state index contributed by atoms with van der Waals surface area (Å²) < 4.78 is 0. The van der Waals surface area contributed by atoms with Crippen LogP contribution in [-0.4, -0.2) is 16.9 Å². The monoisotopic (exact) mass is 289 g/mol. The third-order valence-corrected chi connectivity index (χ3v) is 7.98. The maximum absolute atomic E-state index is 11.1. The highest BCUT2D eigenvalue weighted by Crippen LogP contribution is 2.70. The Balaban J connectivity index is 2.14. The predicted molar refractivity (Wildman–Crippen MR) is 87.5 cm³/mol. The standard InChI is InChI=1S/C19H31NO/c1-6-17(4)9-10-18(5)12(2)11-19(13(3)16(17)21)8-7-14(20)15(18)19/h6,12-13,15-16,20-21H,1,7-11H2,2-5H3/t12?,13-,15?,16-,17+,18+,19+/m0/s1. The molecule has 118 valence electrons. The molecule has 3 saturated carbocycles. The lowest BCUT2D eigenvalue weighted by Gasteiger charge is -2.50. The molecule has 0 aliphatic heterocycles. The molecule has 0 aromatic carbocycles. The van der Waals surface area contributed by atoms with Gasteiger partial charge in [-0.3, -0.25) is 0 Å². The van der Waals surface area contributed by atoms with Gasteiger partial charge in [0.1, 0.15) is 0 Å². The van der Waals surface area contributed by atoms with Gasteiger partial charge in [-0.25, -0.2) is 0 Å². The topological polar surface area (TPSA) is 44.1 Å². The lowest BCUT2D eigenvalue weighted by Crippen LogP contribution is -2.49. The van der Waals surface area contributed by atoms with Crippen molar-refractivity contribution in [3.63, 3.8) is 0 Å². The van der Waals surface area contributed by atoms with E-state index in [2.05, 4.69) is 34.3 Å². The van der Waals surface area contributed by atoms with E-state index >= 15 is 0 Å². The van der Waals surface area contributed by atoms with E-state index in [1.54, 1.807) is 0 Å². The summed E-state index contributed by atoms with van der Waals surface area (Å²) in [6, 6.07) is 0. The lowest BCUT2D eigenvalue weighted by molar-refractivity contribution is -0.0647. The fourth-order valence-electron chi connectivity index (χ4n) is 6.23. The van der Waals surface area contributed by atoms with Crippen LogP contribution in [0.4, 0.5) is 0 Å². The third kappa shape index (κ3) is 1.72. The average molecular weight is 289 g/mol. The van der Waals surface area contributed by atoms with Crippen LogP contribution in [0.15, 0.2) is 12.7 Å². The molecule has 0 aromatic heterocycles. The first kappa shape index (κ1) is 15.3. The van der Waals surface area contributed by atoms with Gasteiger partial charge in [-0.15, -0.1) is 6.58 Å². The van der Waals surface area contributed by atoms with E-state index in [-0.39, 0.29) is 28.3 Å². The number of nitrogens with one attached hydrogen (secondary N) is 1. The second kappa shape index (κ2) is 4.44. The van der Waals surface area contributed by atoms with Gasteiger partial charge < -0.3 is 10.5 Å². The van der Waals surface area contributed by atoms with Gasteiger partial charge in [0.2, 0.25) is 0 Å². The molecule has 2 N–H and O–H groups in total. The maximum Gasteiger partial charge on any atom is 0.0659 e. The van der Waals surface area contributed by atoms with Crippen LogP contribution < -0.4 is 0 Å². The molecule has 3 fully saturated rings. The molecule has 21 heavy (non-hydrogen) atoms. The van der Waals surface area contributed by atoms with Crippen molar-refractivity contribution in [1.82, 2.24) is 0 Å². The van der Waals surface area contributed by atoms with E-state index in [0.717, 1.165) is 31.4 Å². The maximum atomic E-state index is 11.1. The summed E-state index contributed by atoms with van der Waals surface area (Å²) in [7, 11) is 0. The summed E-state index contributed by atoms with van der Waals surface area (Å²) in [6.45, 7) is 13.2. The van der Waals surface area contributed by atoms with Crippen LogP contribution in [0.5, 0.6) is 0 Å². The molecule has 2 nitrogen and oxygen atoms in total. The van der Waals surface area contributed by atoms with E-state index in [1.165, 1.54) is 6.42 Å². The second-order valence-electron chi connectivity index (χ2n) is 8.75. The van der Waals surface area contributed by atoms with Crippen molar-refractivity contribution in [2.24, 2.45) is 34.0 Å². The molecule has 0 spiro atoms. The molecule has 2 unspecified atom stereocenters. The van der Waals surface area contributed by atoms with Crippen molar-refractivity contribution in [3.8, 4) is 0 Å². The molecule has 7 atom stereocenters. The highest BCUT2D eigenvalue weighted by molar-refractivity contribution is 5.88. The van der Waals surface area contributed by atoms with Crippen LogP contribution in [0, 0.1) is 39.4 Å². The van der Waals surface area contributed by atoms with Crippen molar-refractivity contribution in [2.45, 2.75) is 65.9 Å². The number of rotatable bonds is 1. The Hall–Kier alpha value is -0.630. The quantitative estimate of drug-likeness (QED) is 0.689. The molecule has 3 rings (SSSR count). The van der Waals surface area contributed by atoms with Gasteiger partial charge in [-0.1, -0.05) is 33.8 Å². The van der Waals surface area contributed by atoms with Crippen LogP contribution in [-0.2, 0) is 0 Å². The van der Waals surface area contributed by atoms with Crippen LogP contribution in [0.2, 0.25) is 0 Å². The largest absolute Gasteiger partial charge is 0.392 e. The van der Waals surface area contributed by atoms with E-state index in [0.29, 0.717) is 11.8 Å². The molecule has 3 aliphatic carbocycles. The van der Waals surface area contributed by atoms with E-state index < -0.39 is 0 Å². The first-order valence-electron chi connectivity index (χ1n) is 8.60. The van der Waals surface area contributed by atoms with Gasteiger partial charge in [0.15, 0.2) is 0 Å². The van der Waals surface area contributed by atoms with Crippen LogP contribution in [0.1, 0.15) is 59.8 Å². The molecule has 0 aromatic rings. The number of aliphatic hydroxyl groups is 1. The summed E-state index contributed by atoms with van der Waals surface area (Å²) in [6.07, 6.45) is 6.97. The average Bonchev–Trinajstić information content (AvgIpc) is 2.91. The summed E-state index contributed by atoms with van der Waals surface area (Å²) in [4.78, 5) is 0. The highest BCUT2D eigenvalue weighted by Gasteiger charge is 2.66. The Morgan fingerprint density at radius 2 is 1.90 bits per heavy atom. The zero-order chi connectivity index (χ0) is 15.6. The Bertz CT molecular complexity index is 486. The highest BCUT2D eigenvalue weighted by atomic mass is 16.3. The molecular weight excluding hydrogens is 258 g/mol. The number of aliphatic hydroxyl groups excluding tert-OH is 1. The van der Waals surface area contributed by atoms with E-state index in [4.69, 9.17) is 5.41 Å². The first-order valence-corrected chi connectivity index (χ1v) is 8.60. The van der Waals surface area contributed by atoms with Gasteiger partial charge in [-0.2, -0.15) is 0 Å². The summed E-state index contributed by atoms with van der Waals surface area (Å²) >= 11 is 0. The molecule has 3 aliphatic rings. The zero-order valence-corrected chi connectivity index (χ0v) is 14.1. The summed E-state index contributed by atoms with van der Waals surface area (Å²) in [5.74, 6) is 1.28. The van der Waals surface area contributed by atoms with Crippen molar-refractivity contribution >= 4 is 5.71 Å². The smallest absolute Gasteiger partial charge is 0.0659 e. The fraction of sp³-hybridized carbons (Fsp3) is 0.842. The minimum absolute atomic E-state index is 0.148. The Labute approximate surface area is 129 Å². The SMILES string of the molecule is C=C[C@]1(C)CC[C@]2(C)C(C)C[C@]3(CCC(=N)C23)[C@@H](C)[C@@H]1O. The van der Waals surface area contributed by atoms with Gasteiger partial charge in [-0.05, 0) is 54.8 Å². The normalized spacial score (nSPS) is 56.7. The molecule has 0 heterocycles. The minimum Gasteiger partial charge on any atom is -0.392 e.